The van der Waals surface area contributed by atoms with Gasteiger partial charge in [0.25, 0.3) is 0 Å². The van der Waals surface area contributed by atoms with Crippen LogP contribution in [0.1, 0.15) is 16.8 Å². The van der Waals surface area contributed by atoms with Gasteiger partial charge in [0.1, 0.15) is 0 Å². The van der Waals surface area contributed by atoms with Crippen LogP contribution in [0, 0.1) is 11.3 Å². The van der Waals surface area contributed by atoms with Gasteiger partial charge in [-0.3, -0.25) is 0 Å². The highest BCUT2D eigenvalue weighted by Crippen LogP contribution is 2.35. The summed E-state index contributed by atoms with van der Waals surface area (Å²) < 4.78 is 2.05. The maximum atomic E-state index is 10.0. The van der Waals surface area contributed by atoms with Crippen LogP contribution >= 0.6 is 11.6 Å². The predicted octanol–water partition coefficient (Wildman–Crippen LogP) is 8.64. The van der Waals surface area contributed by atoms with Gasteiger partial charge in [-0.2, -0.15) is 5.26 Å². The fourth-order valence-electron chi connectivity index (χ4n) is 5.22. The van der Waals surface area contributed by atoms with E-state index in [2.05, 4.69) is 82.7 Å². The molecule has 0 radical (unpaired) electrons. The van der Waals surface area contributed by atoms with E-state index in [1.807, 2.05) is 66.6 Å². The van der Waals surface area contributed by atoms with Gasteiger partial charge in [0, 0.05) is 36.1 Å². The minimum Gasteiger partial charge on any atom is -0.361 e. The van der Waals surface area contributed by atoms with Crippen molar-refractivity contribution in [2.75, 3.05) is 4.90 Å². The normalized spacial score (nSPS) is 10.9. The highest BCUT2D eigenvalue weighted by Gasteiger charge is 2.16. The Morgan fingerprint density at radius 1 is 0.800 bits per heavy atom. The van der Waals surface area contributed by atoms with Gasteiger partial charge >= 0.3 is 0 Å². The van der Waals surface area contributed by atoms with Crippen LogP contribution in [0.4, 0.5) is 5.69 Å². The molecule has 0 atom stereocenters. The second kappa shape index (κ2) is 11.1. The maximum Gasteiger partial charge on any atom is 0.0998 e. The van der Waals surface area contributed by atoms with E-state index in [0.29, 0.717) is 18.7 Å². The number of benzene rings is 5. The molecule has 0 N–H and O–H groups in total. The first-order valence-corrected chi connectivity index (χ1v) is 13.5. The molecule has 5 heteroatoms. The third kappa shape index (κ3) is 5.20. The maximum absolute atomic E-state index is 10.0. The largest absolute Gasteiger partial charge is 0.361 e. The van der Waals surface area contributed by atoms with E-state index >= 15 is 0 Å². The van der Waals surface area contributed by atoms with Crippen molar-refractivity contribution in [1.82, 2.24) is 9.55 Å². The van der Waals surface area contributed by atoms with E-state index in [4.69, 9.17) is 11.6 Å². The highest BCUT2D eigenvalue weighted by atomic mass is 35.5. The van der Waals surface area contributed by atoms with Crippen molar-refractivity contribution < 1.29 is 0 Å². The summed E-state index contributed by atoms with van der Waals surface area (Å²) in [6.07, 6.45) is 3.73. The Balaban J connectivity index is 1.43. The van der Waals surface area contributed by atoms with Crippen LogP contribution in [-0.2, 0) is 20.1 Å². The molecule has 40 heavy (non-hydrogen) atoms. The number of nitrogens with zero attached hydrogens (tertiary/aromatic N) is 4. The fraction of sp³-hybridized carbons (Fsp3) is 0.0857. The first-order chi connectivity index (χ1) is 19.6. The molecule has 0 amide bonds. The van der Waals surface area contributed by atoms with Crippen LogP contribution in [0.2, 0.25) is 5.02 Å². The van der Waals surface area contributed by atoms with Crippen molar-refractivity contribution in [2.24, 2.45) is 7.05 Å². The standard InChI is InChI=1S/C35H27ClN4/c1-39-24-38-21-32(39)23-40(22-25-7-4-10-27(17-25)28-11-5-12-30(36)18-28)31-16-15-29(20-37)35(19-31)34-14-6-9-26-8-2-3-13-33(26)34/h2-19,21,24H,22-23H2,1H3. The molecule has 0 unspecified atom stereocenters. The summed E-state index contributed by atoms with van der Waals surface area (Å²) in [7, 11) is 2.01. The van der Waals surface area contributed by atoms with Gasteiger partial charge in [-0.25, -0.2) is 4.98 Å². The molecule has 1 heterocycles. The lowest BCUT2D eigenvalue weighted by Crippen LogP contribution is -2.23. The van der Waals surface area contributed by atoms with Gasteiger partial charge in [-0.05, 0) is 69.4 Å². The van der Waals surface area contributed by atoms with Crippen LogP contribution in [0.25, 0.3) is 33.0 Å². The lowest BCUT2D eigenvalue weighted by Gasteiger charge is -2.26. The Hall–Kier alpha value is -4.85. The average molecular weight is 539 g/mol. The summed E-state index contributed by atoms with van der Waals surface area (Å²) in [4.78, 5) is 6.68. The zero-order chi connectivity index (χ0) is 27.5. The molecule has 6 rings (SSSR count). The Morgan fingerprint density at radius 2 is 1.57 bits per heavy atom. The van der Waals surface area contributed by atoms with E-state index in [1.54, 1.807) is 0 Å². The Morgan fingerprint density at radius 3 is 2.38 bits per heavy atom. The molecule has 0 saturated carbocycles. The molecule has 0 aliphatic carbocycles. The Kier molecular flexibility index (Phi) is 7.06. The topological polar surface area (TPSA) is 44.9 Å². The van der Waals surface area contributed by atoms with Gasteiger partial charge in [0.05, 0.1) is 30.2 Å². The minimum atomic E-state index is 0.656. The number of fused-ring (bicyclic) bond motifs is 1. The van der Waals surface area contributed by atoms with E-state index in [9.17, 15) is 5.26 Å². The molecular weight excluding hydrogens is 512 g/mol. The number of aromatic nitrogens is 2. The zero-order valence-electron chi connectivity index (χ0n) is 22.1. The third-order valence-electron chi connectivity index (χ3n) is 7.30. The summed E-state index contributed by atoms with van der Waals surface area (Å²) >= 11 is 6.28. The monoisotopic (exact) mass is 538 g/mol. The van der Waals surface area contributed by atoms with Gasteiger partial charge in [0.15, 0.2) is 0 Å². The smallest absolute Gasteiger partial charge is 0.0998 e. The molecule has 6 aromatic rings. The van der Waals surface area contributed by atoms with E-state index in [0.717, 1.165) is 49.4 Å². The summed E-state index contributed by atoms with van der Waals surface area (Å²) in [6.45, 7) is 1.35. The molecule has 0 bridgehead atoms. The van der Waals surface area contributed by atoms with Crippen molar-refractivity contribution in [3.8, 4) is 28.3 Å². The van der Waals surface area contributed by atoms with Crippen molar-refractivity contribution >= 4 is 28.1 Å². The highest BCUT2D eigenvalue weighted by molar-refractivity contribution is 6.30. The van der Waals surface area contributed by atoms with Gasteiger partial charge in [-0.1, -0.05) is 84.4 Å². The molecule has 5 aromatic carbocycles. The van der Waals surface area contributed by atoms with Gasteiger partial charge in [-0.15, -0.1) is 0 Å². The summed E-state index contributed by atoms with van der Waals surface area (Å²) in [5.41, 5.74) is 8.16. The zero-order valence-corrected chi connectivity index (χ0v) is 22.9. The minimum absolute atomic E-state index is 0.656. The van der Waals surface area contributed by atoms with E-state index in [1.165, 1.54) is 5.56 Å². The van der Waals surface area contributed by atoms with Crippen LogP contribution in [-0.4, -0.2) is 9.55 Å². The lowest BCUT2D eigenvalue weighted by molar-refractivity contribution is 0.736. The number of nitriles is 1. The molecule has 194 valence electrons. The average Bonchev–Trinajstić information content (AvgIpc) is 3.40. The number of imidazole rings is 1. The van der Waals surface area contributed by atoms with E-state index in [-0.39, 0.29) is 0 Å². The SMILES string of the molecule is Cn1cncc1CN(Cc1cccc(-c2cccc(Cl)c2)c1)c1ccc(C#N)c(-c2cccc3ccccc23)c1. The Bertz CT molecular complexity index is 1860. The van der Waals surface area contributed by atoms with Crippen molar-refractivity contribution in [2.45, 2.75) is 13.1 Å². The molecule has 0 saturated heterocycles. The molecule has 0 fully saturated rings. The molecule has 1 aromatic heterocycles. The van der Waals surface area contributed by atoms with Crippen molar-refractivity contribution in [3.05, 3.63) is 144 Å². The molecular formula is C35H27ClN4. The number of halogens is 1. The second-order valence-electron chi connectivity index (χ2n) is 9.93. The Labute approximate surface area is 239 Å². The van der Waals surface area contributed by atoms with Crippen LogP contribution in [0.3, 0.4) is 0 Å². The van der Waals surface area contributed by atoms with Gasteiger partial charge in [0.2, 0.25) is 0 Å². The number of anilines is 1. The number of hydrogen-bond donors (Lipinski definition) is 0. The first kappa shape index (κ1) is 25.4. The van der Waals surface area contributed by atoms with Gasteiger partial charge < -0.3 is 9.47 Å². The fourth-order valence-corrected chi connectivity index (χ4v) is 5.41. The summed E-state index contributed by atoms with van der Waals surface area (Å²) in [6, 6.07) is 39.6. The predicted molar refractivity (Wildman–Crippen MR) is 164 cm³/mol. The summed E-state index contributed by atoms with van der Waals surface area (Å²) in [5.74, 6) is 0. The summed E-state index contributed by atoms with van der Waals surface area (Å²) in [5, 5.41) is 13.0. The van der Waals surface area contributed by atoms with Crippen LogP contribution in [0.5, 0.6) is 0 Å². The lowest BCUT2D eigenvalue weighted by atomic mass is 9.94. The molecule has 4 nitrogen and oxygen atoms in total. The van der Waals surface area contributed by atoms with E-state index < -0.39 is 0 Å². The molecule has 0 aliphatic rings. The number of hydrogen-bond acceptors (Lipinski definition) is 3. The third-order valence-corrected chi connectivity index (χ3v) is 7.53. The quantitative estimate of drug-likeness (QED) is 0.204. The second-order valence-corrected chi connectivity index (χ2v) is 10.4. The van der Waals surface area contributed by atoms with Crippen LogP contribution < -0.4 is 4.90 Å². The van der Waals surface area contributed by atoms with Crippen molar-refractivity contribution in [3.63, 3.8) is 0 Å². The molecule has 0 spiro atoms. The van der Waals surface area contributed by atoms with Crippen LogP contribution in [0.15, 0.2) is 122 Å². The number of rotatable bonds is 7. The molecule has 0 aliphatic heterocycles. The number of aryl methyl sites for hydroxylation is 1. The first-order valence-electron chi connectivity index (χ1n) is 13.2. The van der Waals surface area contributed by atoms with Crippen molar-refractivity contribution in [1.29, 1.82) is 5.26 Å².